The maximum atomic E-state index is 11.0. The first-order valence-electron chi connectivity index (χ1n) is 4.45. The molecule has 0 aromatic heterocycles. The second kappa shape index (κ2) is 5.95. The fourth-order valence-corrected chi connectivity index (χ4v) is 1.36. The first kappa shape index (κ1) is 12.3. The minimum absolute atomic E-state index is 0.112. The summed E-state index contributed by atoms with van der Waals surface area (Å²) in [6.45, 7) is 0.239. The number of benzene rings is 1. The molecule has 0 saturated heterocycles. The van der Waals surface area contributed by atoms with Crippen LogP contribution in [0.2, 0.25) is 10.0 Å². The molecule has 0 saturated carbocycles. The monoisotopic (exact) mass is 247 g/mol. The number of hydrogen-bond acceptors (Lipinski definition) is 2. The van der Waals surface area contributed by atoms with Gasteiger partial charge in [0.1, 0.15) is 0 Å². The van der Waals surface area contributed by atoms with E-state index in [2.05, 4.69) is 5.32 Å². The van der Waals surface area contributed by atoms with E-state index in [0.717, 1.165) is 5.56 Å². The molecule has 0 aliphatic rings. The van der Waals surface area contributed by atoms with Gasteiger partial charge in [0.2, 0.25) is 5.91 Å². The van der Waals surface area contributed by atoms with Gasteiger partial charge in [0.05, 0.1) is 16.7 Å². The van der Waals surface area contributed by atoms with Gasteiger partial charge in [-0.15, -0.1) is 0 Å². The van der Waals surface area contributed by atoms with E-state index < -0.39 is 0 Å². The second-order valence-electron chi connectivity index (χ2n) is 3.00. The molecule has 0 radical (unpaired) electrons. The quantitative estimate of drug-likeness (QED) is 0.856. The van der Waals surface area contributed by atoms with E-state index in [1.807, 2.05) is 0 Å². The summed E-state index contributed by atoms with van der Waals surface area (Å²) in [6.07, 6.45) is 0.112. The first-order chi connectivity index (χ1) is 7.13. The van der Waals surface area contributed by atoms with Crippen molar-refractivity contribution >= 4 is 29.1 Å². The van der Waals surface area contributed by atoms with Gasteiger partial charge in [-0.1, -0.05) is 29.3 Å². The van der Waals surface area contributed by atoms with Crippen molar-refractivity contribution in [3.63, 3.8) is 0 Å². The molecule has 5 heteroatoms. The lowest BCUT2D eigenvalue weighted by Gasteiger charge is -2.05. The minimum atomic E-state index is -0.191. The molecular weight excluding hydrogens is 237 g/mol. The smallest absolute Gasteiger partial charge is 0.222 e. The Labute approximate surface area is 98.0 Å². The van der Waals surface area contributed by atoms with Crippen molar-refractivity contribution in [1.82, 2.24) is 5.32 Å². The Morgan fingerprint density at radius 3 is 2.67 bits per heavy atom. The number of carbonyl (C=O) groups is 1. The molecule has 2 N–H and O–H groups in total. The number of aliphatic hydroxyl groups excluding tert-OH is 1. The van der Waals surface area contributed by atoms with Crippen LogP contribution in [-0.4, -0.2) is 17.6 Å². The molecule has 0 unspecified atom stereocenters. The summed E-state index contributed by atoms with van der Waals surface area (Å²) >= 11 is 11.5. The van der Waals surface area contributed by atoms with Crippen molar-refractivity contribution in [3.8, 4) is 0 Å². The van der Waals surface area contributed by atoms with Crippen LogP contribution in [0.4, 0.5) is 0 Å². The lowest BCUT2D eigenvalue weighted by Crippen LogP contribution is -2.23. The molecule has 1 rings (SSSR count). The molecule has 0 fully saturated rings. The highest BCUT2D eigenvalue weighted by molar-refractivity contribution is 6.42. The fourth-order valence-electron chi connectivity index (χ4n) is 1.04. The first-order valence-corrected chi connectivity index (χ1v) is 5.20. The zero-order valence-electron chi connectivity index (χ0n) is 7.96. The molecule has 0 spiro atoms. The van der Waals surface area contributed by atoms with Crippen LogP contribution in [0.25, 0.3) is 0 Å². The lowest BCUT2D eigenvalue weighted by atomic mass is 10.2. The van der Waals surface area contributed by atoms with Crippen LogP contribution >= 0.6 is 23.2 Å². The second-order valence-corrected chi connectivity index (χ2v) is 3.81. The number of hydrogen-bond donors (Lipinski definition) is 2. The van der Waals surface area contributed by atoms with Crippen molar-refractivity contribution in [2.24, 2.45) is 0 Å². The highest BCUT2D eigenvalue weighted by Gasteiger charge is 2.02. The number of amides is 1. The van der Waals surface area contributed by atoms with Crippen molar-refractivity contribution in [1.29, 1.82) is 0 Å². The molecule has 1 amide bonds. The minimum Gasteiger partial charge on any atom is -0.396 e. The van der Waals surface area contributed by atoms with Crippen LogP contribution in [0.5, 0.6) is 0 Å². The summed E-state index contributed by atoms with van der Waals surface area (Å²) < 4.78 is 0. The van der Waals surface area contributed by atoms with Crippen molar-refractivity contribution in [2.45, 2.75) is 13.0 Å². The van der Waals surface area contributed by atoms with E-state index in [1.165, 1.54) is 0 Å². The van der Waals surface area contributed by atoms with Gasteiger partial charge in [-0.2, -0.15) is 0 Å². The normalized spacial score (nSPS) is 10.1. The summed E-state index contributed by atoms with van der Waals surface area (Å²) in [5, 5.41) is 12.1. The average molecular weight is 248 g/mol. The maximum absolute atomic E-state index is 11.0. The Bertz CT molecular complexity index is 355. The number of rotatable bonds is 4. The largest absolute Gasteiger partial charge is 0.396 e. The Balaban J connectivity index is 2.51. The van der Waals surface area contributed by atoms with Gasteiger partial charge in [0.25, 0.3) is 0 Å². The van der Waals surface area contributed by atoms with Crippen LogP contribution in [0.3, 0.4) is 0 Å². The molecule has 82 valence electrons. The van der Waals surface area contributed by atoms with Crippen LogP contribution in [0.15, 0.2) is 18.2 Å². The zero-order chi connectivity index (χ0) is 11.3. The van der Waals surface area contributed by atoms with Crippen LogP contribution < -0.4 is 5.32 Å². The Hall–Kier alpha value is -0.770. The molecule has 0 atom stereocenters. The standard InChI is InChI=1S/C10H11Cl2NO2/c11-8-2-1-7(5-9(8)12)6-13-10(15)3-4-14/h1-2,5,14H,3-4,6H2,(H,13,15). The van der Waals surface area contributed by atoms with Crippen molar-refractivity contribution in [2.75, 3.05) is 6.61 Å². The van der Waals surface area contributed by atoms with Gasteiger partial charge in [0.15, 0.2) is 0 Å². The fraction of sp³-hybridized carbons (Fsp3) is 0.300. The SMILES string of the molecule is O=C(CCO)NCc1ccc(Cl)c(Cl)c1. The summed E-state index contributed by atoms with van der Waals surface area (Å²) in [5.41, 5.74) is 0.871. The molecule has 1 aromatic carbocycles. The van der Waals surface area contributed by atoms with E-state index in [0.29, 0.717) is 16.6 Å². The van der Waals surface area contributed by atoms with Gasteiger partial charge < -0.3 is 10.4 Å². The summed E-state index contributed by atoms with van der Waals surface area (Å²) in [5.74, 6) is -0.191. The Kier molecular flexibility index (Phi) is 4.88. The van der Waals surface area contributed by atoms with Gasteiger partial charge >= 0.3 is 0 Å². The molecule has 0 aliphatic carbocycles. The van der Waals surface area contributed by atoms with Gasteiger partial charge in [-0.05, 0) is 17.7 Å². The molecule has 15 heavy (non-hydrogen) atoms. The van der Waals surface area contributed by atoms with Crippen LogP contribution in [0, 0.1) is 0 Å². The predicted molar refractivity (Wildman–Crippen MR) is 60.0 cm³/mol. The maximum Gasteiger partial charge on any atom is 0.222 e. The molecule has 0 bridgehead atoms. The third-order valence-corrected chi connectivity index (χ3v) is 2.55. The zero-order valence-corrected chi connectivity index (χ0v) is 9.48. The number of halogens is 2. The van der Waals surface area contributed by atoms with Gasteiger partial charge in [-0.3, -0.25) is 4.79 Å². The average Bonchev–Trinajstić information content (AvgIpc) is 2.20. The van der Waals surface area contributed by atoms with E-state index in [-0.39, 0.29) is 18.9 Å². The van der Waals surface area contributed by atoms with E-state index in [1.54, 1.807) is 18.2 Å². The third-order valence-electron chi connectivity index (χ3n) is 1.81. The predicted octanol–water partition coefficient (Wildman–Crippen LogP) is 1.99. The van der Waals surface area contributed by atoms with E-state index >= 15 is 0 Å². The molecule has 1 aromatic rings. The van der Waals surface area contributed by atoms with Crippen LogP contribution in [0.1, 0.15) is 12.0 Å². The Morgan fingerprint density at radius 2 is 2.07 bits per heavy atom. The van der Waals surface area contributed by atoms with Gasteiger partial charge in [-0.25, -0.2) is 0 Å². The molecule has 0 aliphatic heterocycles. The highest BCUT2D eigenvalue weighted by atomic mass is 35.5. The van der Waals surface area contributed by atoms with Crippen molar-refractivity contribution < 1.29 is 9.90 Å². The Morgan fingerprint density at radius 1 is 1.33 bits per heavy atom. The lowest BCUT2D eigenvalue weighted by molar-refractivity contribution is -0.121. The van der Waals surface area contributed by atoms with E-state index in [9.17, 15) is 4.79 Å². The summed E-state index contributed by atoms with van der Waals surface area (Å²) in [4.78, 5) is 11.0. The molecule has 3 nitrogen and oxygen atoms in total. The van der Waals surface area contributed by atoms with Crippen LogP contribution in [-0.2, 0) is 11.3 Å². The van der Waals surface area contributed by atoms with Gasteiger partial charge in [0, 0.05) is 13.0 Å². The number of aliphatic hydroxyl groups is 1. The summed E-state index contributed by atoms with van der Waals surface area (Å²) in [7, 11) is 0. The molecular formula is C10H11Cl2NO2. The number of nitrogens with one attached hydrogen (secondary N) is 1. The highest BCUT2D eigenvalue weighted by Crippen LogP contribution is 2.22. The van der Waals surface area contributed by atoms with Crippen molar-refractivity contribution in [3.05, 3.63) is 33.8 Å². The number of carbonyl (C=O) groups excluding carboxylic acids is 1. The summed E-state index contributed by atoms with van der Waals surface area (Å²) in [6, 6.07) is 5.16. The third kappa shape index (κ3) is 4.08. The van der Waals surface area contributed by atoms with E-state index in [4.69, 9.17) is 28.3 Å². The molecule has 0 heterocycles. The topological polar surface area (TPSA) is 49.3 Å².